The zero-order valence-corrected chi connectivity index (χ0v) is 27.0. The molecule has 13 heteroatoms. The zero-order valence-electron chi connectivity index (χ0n) is 25.3. The van der Waals surface area contributed by atoms with Gasteiger partial charge in [0.15, 0.2) is 0 Å². The number of pyridine rings is 1. The van der Waals surface area contributed by atoms with Crippen molar-refractivity contribution in [2.75, 3.05) is 20.8 Å². The number of methoxy groups -OCH3 is 2. The summed E-state index contributed by atoms with van der Waals surface area (Å²) >= 11 is 0. The number of ether oxygens (including phenoxy) is 3. The Hall–Kier alpha value is -3.97. The molecule has 0 aliphatic carbocycles. The average molecular weight is 630 g/mol. The largest absolute Gasteiger partial charge is 0.497 e. The first-order valence-electron chi connectivity index (χ1n) is 13.3. The number of hydrogen-bond donors (Lipinski definition) is 1. The second-order valence-corrected chi connectivity index (χ2v) is 14.0. The monoisotopic (exact) mass is 629 g/mol. The van der Waals surface area contributed by atoms with Crippen LogP contribution in [0.5, 0.6) is 17.2 Å². The van der Waals surface area contributed by atoms with E-state index in [1.165, 1.54) is 7.11 Å². The second kappa shape index (κ2) is 12.0. The van der Waals surface area contributed by atoms with Gasteiger partial charge in [-0.25, -0.2) is 17.4 Å². The highest BCUT2D eigenvalue weighted by Gasteiger charge is 2.32. The molecule has 4 rings (SSSR count). The highest BCUT2D eigenvalue weighted by atomic mass is 32.2. The van der Waals surface area contributed by atoms with Crippen LogP contribution >= 0.6 is 0 Å². The molecule has 0 spiro atoms. The molecule has 230 valence electrons. The molecule has 2 aromatic carbocycles. The summed E-state index contributed by atoms with van der Waals surface area (Å²) in [6.45, 7) is 9.88. The van der Waals surface area contributed by atoms with Crippen molar-refractivity contribution in [3.8, 4) is 17.2 Å². The summed E-state index contributed by atoms with van der Waals surface area (Å²) in [5.74, 6) is 0.308. The number of fused-ring (bicyclic) bond motifs is 1. The summed E-state index contributed by atoms with van der Waals surface area (Å²) in [5, 5.41) is 9.25. The molecule has 11 nitrogen and oxygen atoms in total. The smallest absolute Gasteiger partial charge is 0.312 e. The molecule has 2 aromatic heterocycles. The molecule has 0 saturated heterocycles. The van der Waals surface area contributed by atoms with Crippen LogP contribution in [-0.2, 0) is 31.4 Å². The normalized spacial score (nSPS) is 12.7. The van der Waals surface area contributed by atoms with Crippen molar-refractivity contribution in [2.45, 2.75) is 57.3 Å². The lowest BCUT2D eigenvalue weighted by atomic mass is 9.95. The number of benzene rings is 2. The molecule has 1 atom stereocenters. The quantitative estimate of drug-likeness (QED) is 0.247. The Labute approximate surface area is 253 Å². The van der Waals surface area contributed by atoms with E-state index >= 15 is 0 Å². The van der Waals surface area contributed by atoms with Crippen LogP contribution in [0, 0.1) is 33.1 Å². The van der Waals surface area contributed by atoms with Gasteiger partial charge in [-0.1, -0.05) is 0 Å². The molecule has 0 aliphatic rings. The SMILES string of the molecule is COc1ccc2c(c1)nc(S(=O)Cc1ncc(C)c(OC)c1C)n2S(=O)(=O)c1c(C)cc(OCC(C)(C)C(=O)O)cc1C. The third kappa shape index (κ3) is 6.09. The average Bonchev–Trinajstić information content (AvgIpc) is 3.33. The van der Waals surface area contributed by atoms with Gasteiger partial charge in [0.25, 0.3) is 10.0 Å². The minimum Gasteiger partial charge on any atom is -0.497 e. The maximum atomic E-state index is 14.4. The highest BCUT2D eigenvalue weighted by Crippen LogP contribution is 2.34. The fraction of sp³-hybridized carbons (Fsp3) is 0.367. The minimum atomic E-state index is -4.35. The van der Waals surface area contributed by atoms with E-state index in [4.69, 9.17) is 14.2 Å². The lowest BCUT2D eigenvalue weighted by Crippen LogP contribution is -2.30. The molecular formula is C30H35N3O8S2. The fourth-order valence-electron chi connectivity index (χ4n) is 4.74. The molecule has 43 heavy (non-hydrogen) atoms. The third-order valence-electron chi connectivity index (χ3n) is 7.12. The number of carboxylic acid groups (broad SMARTS) is 1. The lowest BCUT2D eigenvalue weighted by Gasteiger charge is -2.21. The van der Waals surface area contributed by atoms with E-state index in [9.17, 15) is 22.5 Å². The van der Waals surface area contributed by atoms with E-state index in [2.05, 4.69) is 9.97 Å². The molecular weight excluding hydrogens is 594 g/mol. The number of aromatic nitrogens is 3. The molecule has 0 bridgehead atoms. The van der Waals surface area contributed by atoms with Gasteiger partial charge in [-0.2, -0.15) is 0 Å². The fourth-order valence-corrected chi connectivity index (χ4v) is 8.21. The summed E-state index contributed by atoms with van der Waals surface area (Å²) in [7, 11) is -3.25. The van der Waals surface area contributed by atoms with Crippen LogP contribution in [0.15, 0.2) is 46.6 Å². The van der Waals surface area contributed by atoms with Crippen molar-refractivity contribution in [1.29, 1.82) is 0 Å². The predicted octanol–water partition coefficient (Wildman–Crippen LogP) is 4.72. The summed E-state index contributed by atoms with van der Waals surface area (Å²) in [6.07, 6.45) is 1.62. The highest BCUT2D eigenvalue weighted by molar-refractivity contribution is 7.91. The lowest BCUT2D eigenvalue weighted by molar-refractivity contribution is -0.148. The minimum absolute atomic E-state index is 0.00276. The topological polar surface area (TPSA) is 147 Å². The molecule has 0 amide bonds. The summed E-state index contributed by atoms with van der Waals surface area (Å²) < 4.78 is 60.3. The Balaban J connectivity index is 1.84. The first kappa shape index (κ1) is 32.0. The maximum absolute atomic E-state index is 14.4. The van der Waals surface area contributed by atoms with Gasteiger partial charge in [-0.05, 0) is 76.9 Å². The van der Waals surface area contributed by atoms with Crippen LogP contribution in [0.1, 0.15) is 41.8 Å². The van der Waals surface area contributed by atoms with Gasteiger partial charge < -0.3 is 19.3 Å². The van der Waals surface area contributed by atoms with Crippen molar-refractivity contribution < 1.29 is 36.7 Å². The van der Waals surface area contributed by atoms with E-state index in [1.807, 2.05) is 13.8 Å². The van der Waals surface area contributed by atoms with Gasteiger partial charge >= 0.3 is 5.97 Å². The summed E-state index contributed by atoms with van der Waals surface area (Å²) in [4.78, 5) is 20.4. The number of hydrogen-bond acceptors (Lipinski definition) is 9. The van der Waals surface area contributed by atoms with Crippen molar-refractivity contribution in [3.63, 3.8) is 0 Å². The van der Waals surface area contributed by atoms with E-state index in [0.717, 1.165) is 9.54 Å². The summed E-state index contributed by atoms with van der Waals surface area (Å²) in [6, 6.07) is 7.85. The number of imidazole rings is 1. The van der Waals surface area contributed by atoms with Crippen molar-refractivity contribution in [1.82, 2.24) is 13.9 Å². The van der Waals surface area contributed by atoms with Crippen LogP contribution in [0.25, 0.3) is 11.0 Å². The number of aliphatic carboxylic acids is 1. The number of aryl methyl sites for hydroxylation is 3. The predicted molar refractivity (Wildman–Crippen MR) is 162 cm³/mol. The number of rotatable bonds is 11. The van der Waals surface area contributed by atoms with E-state index in [1.54, 1.807) is 71.3 Å². The van der Waals surface area contributed by atoms with E-state index < -0.39 is 32.2 Å². The molecule has 0 saturated carbocycles. The summed E-state index contributed by atoms with van der Waals surface area (Å²) in [5.41, 5.74) is 2.15. The van der Waals surface area contributed by atoms with Gasteiger partial charge in [0.05, 0.1) is 57.8 Å². The van der Waals surface area contributed by atoms with E-state index in [0.29, 0.717) is 45.1 Å². The van der Waals surface area contributed by atoms with Crippen molar-refractivity contribution in [3.05, 3.63) is 64.5 Å². The number of nitrogens with zero attached hydrogens (tertiary/aromatic N) is 3. The third-order valence-corrected chi connectivity index (χ3v) is 10.5. The van der Waals surface area contributed by atoms with Gasteiger partial charge in [-0.15, -0.1) is 0 Å². The molecule has 1 unspecified atom stereocenters. The molecule has 0 radical (unpaired) electrons. The molecule has 0 aliphatic heterocycles. The molecule has 4 aromatic rings. The van der Waals surface area contributed by atoms with Crippen LogP contribution in [0.2, 0.25) is 0 Å². The Morgan fingerprint density at radius 3 is 2.23 bits per heavy atom. The Morgan fingerprint density at radius 2 is 1.65 bits per heavy atom. The first-order valence-corrected chi connectivity index (χ1v) is 16.0. The van der Waals surface area contributed by atoms with E-state index in [-0.39, 0.29) is 27.9 Å². The van der Waals surface area contributed by atoms with Gasteiger partial charge in [-0.3, -0.25) is 14.0 Å². The van der Waals surface area contributed by atoms with Crippen molar-refractivity contribution >= 4 is 37.8 Å². The Morgan fingerprint density at radius 1 is 1.00 bits per heavy atom. The van der Waals surface area contributed by atoms with Crippen molar-refractivity contribution in [2.24, 2.45) is 5.41 Å². The molecule has 0 fully saturated rings. The van der Waals surface area contributed by atoms with Crippen LogP contribution in [0.4, 0.5) is 0 Å². The van der Waals surface area contributed by atoms with Gasteiger partial charge in [0.2, 0.25) is 5.16 Å². The first-order chi connectivity index (χ1) is 20.1. The number of carboxylic acids is 1. The maximum Gasteiger partial charge on any atom is 0.312 e. The number of carbonyl (C=O) groups is 1. The van der Waals surface area contributed by atoms with Crippen LogP contribution in [-0.4, -0.2) is 58.5 Å². The van der Waals surface area contributed by atoms with Gasteiger partial charge in [0, 0.05) is 23.4 Å². The molecule has 2 heterocycles. The molecule has 1 N–H and O–H groups in total. The standard InChI is InChI=1S/C30H35N3O8S2/c1-17-11-22(41-16-30(5,6)28(34)35)12-18(2)27(17)43(37,38)33-25-10-9-21(39-7)13-23(25)32-29(33)42(36)15-24-20(4)26(40-8)19(3)14-31-24/h9-14H,15-16H2,1-8H3,(H,34,35). The Kier molecular flexibility index (Phi) is 8.89. The van der Waals surface area contributed by atoms with Gasteiger partial charge in [0.1, 0.15) is 23.9 Å². The van der Waals surface area contributed by atoms with Crippen LogP contribution < -0.4 is 14.2 Å². The van der Waals surface area contributed by atoms with Crippen LogP contribution in [0.3, 0.4) is 0 Å². The zero-order chi connectivity index (χ0) is 31.9. The second-order valence-electron chi connectivity index (χ2n) is 10.9. The Bertz CT molecular complexity index is 1840.